The molecular formula is C14H21N3O. The van der Waals surface area contributed by atoms with Gasteiger partial charge in [0.15, 0.2) is 0 Å². The number of nitrogens with zero attached hydrogens (tertiary/aromatic N) is 2. The van der Waals surface area contributed by atoms with E-state index in [1.807, 2.05) is 24.0 Å². The summed E-state index contributed by atoms with van der Waals surface area (Å²) in [6, 6.07) is 3.68. The first-order chi connectivity index (χ1) is 8.83. The Kier molecular flexibility index (Phi) is 4.56. The molecule has 0 atom stereocenters. The van der Waals surface area contributed by atoms with Crippen molar-refractivity contribution in [2.75, 3.05) is 25.0 Å². The molecule has 1 aliphatic rings. The van der Waals surface area contributed by atoms with Crippen LogP contribution in [0.2, 0.25) is 0 Å². The largest absolute Gasteiger partial charge is 0.370 e. The van der Waals surface area contributed by atoms with Gasteiger partial charge in [-0.2, -0.15) is 0 Å². The Balaban J connectivity index is 2.16. The minimum absolute atomic E-state index is 0.112. The fraction of sp³-hybridized carbons (Fsp3) is 0.571. The van der Waals surface area contributed by atoms with Crippen molar-refractivity contribution < 1.29 is 4.79 Å². The number of anilines is 1. The van der Waals surface area contributed by atoms with Crippen molar-refractivity contribution >= 4 is 11.7 Å². The summed E-state index contributed by atoms with van der Waals surface area (Å²) >= 11 is 0. The lowest BCUT2D eigenvalue weighted by Gasteiger charge is -2.21. The van der Waals surface area contributed by atoms with E-state index in [0.29, 0.717) is 11.4 Å². The van der Waals surface area contributed by atoms with Crippen LogP contribution in [0.1, 0.15) is 43.0 Å². The van der Waals surface area contributed by atoms with Gasteiger partial charge < -0.3 is 10.2 Å². The number of carbonyl (C=O) groups excluding carboxylic acids is 1. The molecule has 98 valence electrons. The molecule has 0 spiro atoms. The van der Waals surface area contributed by atoms with Gasteiger partial charge in [-0.25, -0.2) is 4.98 Å². The lowest BCUT2D eigenvalue weighted by Crippen LogP contribution is -2.32. The van der Waals surface area contributed by atoms with Crippen molar-refractivity contribution in [2.24, 2.45) is 0 Å². The second kappa shape index (κ2) is 6.38. The maximum atomic E-state index is 12.5. The number of hydrogen-bond donors (Lipinski definition) is 1. The molecule has 1 amide bonds. The van der Waals surface area contributed by atoms with E-state index in [1.54, 1.807) is 6.20 Å². The lowest BCUT2D eigenvalue weighted by atomic mass is 10.2. The van der Waals surface area contributed by atoms with Crippen LogP contribution in [0.25, 0.3) is 0 Å². The summed E-state index contributed by atoms with van der Waals surface area (Å²) in [6.07, 6.45) is 6.41. The molecule has 0 radical (unpaired) electrons. The molecule has 1 saturated heterocycles. The molecule has 4 heteroatoms. The Morgan fingerprint density at radius 3 is 2.72 bits per heavy atom. The Hall–Kier alpha value is -1.58. The number of amides is 1. The van der Waals surface area contributed by atoms with Crippen LogP contribution in [-0.2, 0) is 0 Å². The van der Waals surface area contributed by atoms with E-state index in [9.17, 15) is 4.79 Å². The summed E-state index contributed by atoms with van der Waals surface area (Å²) in [7, 11) is 0. The lowest BCUT2D eigenvalue weighted by molar-refractivity contribution is 0.0762. The number of likely N-dealkylation sites (tertiary alicyclic amines) is 1. The van der Waals surface area contributed by atoms with Gasteiger partial charge in [0.2, 0.25) is 0 Å². The van der Waals surface area contributed by atoms with Gasteiger partial charge in [0.25, 0.3) is 5.91 Å². The highest BCUT2D eigenvalue weighted by Gasteiger charge is 2.20. The number of aromatic nitrogens is 1. The van der Waals surface area contributed by atoms with Crippen molar-refractivity contribution in [1.29, 1.82) is 0 Å². The van der Waals surface area contributed by atoms with Gasteiger partial charge in [-0.05, 0) is 31.9 Å². The molecular weight excluding hydrogens is 226 g/mol. The molecule has 1 aliphatic heterocycles. The van der Waals surface area contributed by atoms with Crippen LogP contribution in [0, 0.1) is 0 Å². The molecule has 1 aromatic rings. The Morgan fingerprint density at radius 1 is 1.33 bits per heavy atom. The van der Waals surface area contributed by atoms with E-state index < -0.39 is 0 Å². The van der Waals surface area contributed by atoms with E-state index >= 15 is 0 Å². The molecule has 1 N–H and O–H groups in total. The molecule has 18 heavy (non-hydrogen) atoms. The number of nitrogens with one attached hydrogen (secondary N) is 1. The normalized spacial score (nSPS) is 16.2. The predicted molar refractivity (Wildman–Crippen MR) is 72.8 cm³/mol. The van der Waals surface area contributed by atoms with Crippen molar-refractivity contribution in [3.63, 3.8) is 0 Å². The molecule has 1 aromatic heterocycles. The zero-order valence-corrected chi connectivity index (χ0v) is 11.0. The highest BCUT2D eigenvalue weighted by Crippen LogP contribution is 2.17. The summed E-state index contributed by atoms with van der Waals surface area (Å²) in [5.74, 6) is 0.815. The average Bonchev–Trinajstić information content (AvgIpc) is 2.68. The third-order valence-electron chi connectivity index (χ3n) is 3.28. The Bertz CT molecular complexity index is 398. The van der Waals surface area contributed by atoms with Crippen molar-refractivity contribution in [3.8, 4) is 0 Å². The zero-order chi connectivity index (χ0) is 12.8. The van der Waals surface area contributed by atoms with Gasteiger partial charge in [-0.3, -0.25) is 4.79 Å². The first-order valence-electron chi connectivity index (χ1n) is 6.81. The number of hydrogen-bond acceptors (Lipinski definition) is 3. The molecule has 2 heterocycles. The van der Waals surface area contributed by atoms with Crippen LogP contribution >= 0.6 is 0 Å². The number of rotatable bonds is 3. The first-order valence-corrected chi connectivity index (χ1v) is 6.81. The van der Waals surface area contributed by atoms with Crippen molar-refractivity contribution in [1.82, 2.24) is 9.88 Å². The van der Waals surface area contributed by atoms with Crippen molar-refractivity contribution in [3.05, 3.63) is 23.9 Å². The van der Waals surface area contributed by atoms with Crippen LogP contribution in [0.15, 0.2) is 18.3 Å². The van der Waals surface area contributed by atoms with Crippen LogP contribution in [0.4, 0.5) is 5.82 Å². The summed E-state index contributed by atoms with van der Waals surface area (Å²) < 4.78 is 0. The SMILES string of the molecule is CCNc1ncccc1C(=O)N1CCCCCC1. The van der Waals surface area contributed by atoms with Gasteiger partial charge >= 0.3 is 0 Å². The smallest absolute Gasteiger partial charge is 0.257 e. The summed E-state index contributed by atoms with van der Waals surface area (Å²) in [4.78, 5) is 18.7. The van der Waals surface area contributed by atoms with E-state index in [-0.39, 0.29) is 5.91 Å². The monoisotopic (exact) mass is 247 g/mol. The molecule has 0 aromatic carbocycles. The number of pyridine rings is 1. The molecule has 0 unspecified atom stereocenters. The summed E-state index contributed by atoms with van der Waals surface area (Å²) in [6.45, 7) is 4.53. The maximum absolute atomic E-state index is 12.5. The standard InChI is InChI=1S/C14H21N3O/c1-2-15-13-12(8-7-9-16-13)14(18)17-10-5-3-4-6-11-17/h7-9H,2-6,10-11H2,1H3,(H,15,16). The quantitative estimate of drug-likeness (QED) is 0.892. The molecule has 0 saturated carbocycles. The molecule has 2 rings (SSSR count). The van der Waals surface area contributed by atoms with Gasteiger partial charge in [-0.1, -0.05) is 12.8 Å². The minimum atomic E-state index is 0.112. The minimum Gasteiger partial charge on any atom is -0.370 e. The fourth-order valence-corrected chi connectivity index (χ4v) is 2.33. The van der Waals surface area contributed by atoms with Crippen molar-refractivity contribution in [2.45, 2.75) is 32.6 Å². The third-order valence-corrected chi connectivity index (χ3v) is 3.28. The van der Waals surface area contributed by atoms with Crippen LogP contribution < -0.4 is 5.32 Å². The van der Waals surface area contributed by atoms with Gasteiger partial charge in [0, 0.05) is 25.8 Å². The van der Waals surface area contributed by atoms with Crippen LogP contribution in [-0.4, -0.2) is 35.4 Å². The van der Waals surface area contributed by atoms with E-state index in [4.69, 9.17) is 0 Å². The van der Waals surface area contributed by atoms with Gasteiger partial charge in [0.1, 0.15) is 5.82 Å². The zero-order valence-electron chi connectivity index (χ0n) is 11.0. The van der Waals surface area contributed by atoms with Crippen LogP contribution in [0.5, 0.6) is 0 Å². The van der Waals surface area contributed by atoms with Crippen LogP contribution in [0.3, 0.4) is 0 Å². The third kappa shape index (κ3) is 3.00. The Labute approximate surface area is 108 Å². The van der Waals surface area contributed by atoms with E-state index in [1.165, 1.54) is 12.8 Å². The Morgan fingerprint density at radius 2 is 2.06 bits per heavy atom. The first kappa shape index (κ1) is 12.9. The molecule has 4 nitrogen and oxygen atoms in total. The second-order valence-electron chi connectivity index (χ2n) is 4.64. The summed E-state index contributed by atoms with van der Waals surface area (Å²) in [5, 5.41) is 3.15. The van der Waals surface area contributed by atoms with Gasteiger partial charge in [-0.15, -0.1) is 0 Å². The highest BCUT2D eigenvalue weighted by atomic mass is 16.2. The molecule has 0 bridgehead atoms. The molecule has 0 aliphatic carbocycles. The van der Waals surface area contributed by atoms with E-state index in [2.05, 4.69) is 10.3 Å². The highest BCUT2D eigenvalue weighted by molar-refractivity contribution is 5.98. The summed E-state index contributed by atoms with van der Waals surface area (Å²) in [5.41, 5.74) is 0.696. The average molecular weight is 247 g/mol. The van der Waals surface area contributed by atoms with Gasteiger partial charge in [0.05, 0.1) is 5.56 Å². The van der Waals surface area contributed by atoms with E-state index in [0.717, 1.165) is 32.5 Å². The fourth-order valence-electron chi connectivity index (χ4n) is 2.33. The topological polar surface area (TPSA) is 45.2 Å². The second-order valence-corrected chi connectivity index (χ2v) is 4.64. The molecule has 1 fully saturated rings. The predicted octanol–water partition coefficient (Wildman–Crippen LogP) is 2.53. The maximum Gasteiger partial charge on any atom is 0.257 e. The number of carbonyl (C=O) groups is 1.